The Kier molecular flexibility index (Phi) is 6.83. The lowest BCUT2D eigenvalue weighted by Crippen LogP contribution is -2.33. The van der Waals surface area contributed by atoms with E-state index in [0.29, 0.717) is 25.9 Å². The van der Waals surface area contributed by atoms with Gasteiger partial charge in [0, 0.05) is 26.6 Å². The molecule has 0 saturated heterocycles. The van der Waals surface area contributed by atoms with E-state index in [9.17, 15) is 9.59 Å². The zero-order chi connectivity index (χ0) is 14.8. The van der Waals surface area contributed by atoms with Crippen molar-refractivity contribution in [2.45, 2.75) is 19.3 Å². The van der Waals surface area contributed by atoms with E-state index in [1.54, 1.807) is 7.05 Å². The van der Waals surface area contributed by atoms with Crippen molar-refractivity contribution in [3.63, 3.8) is 0 Å². The number of benzene rings is 1. The molecule has 0 bridgehead atoms. The molecule has 20 heavy (non-hydrogen) atoms. The lowest BCUT2D eigenvalue weighted by Gasteiger charge is -2.15. The fraction of sp³-hybridized carbons (Fsp3) is 0.400. The third-order valence-electron chi connectivity index (χ3n) is 2.85. The van der Waals surface area contributed by atoms with Gasteiger partial charge in [-0.2, -0.15) is 5.26 Å². The van der Waals surface area contributed by atoms with Crippen LogP contribution in [0.5, 0.6) is 0 Å². The van der Waals surface area contributed by atoms with Crippen LogP contribution < -0.4 is 5.32 Å². The van der Waals surface area contributed by atoms with Crippen LogP contribution in [0.4, 0.5) is 0 Å². The van der Waals surface area contributed by atoms with E-state index < -0.39 is 0 Å². The van der Waals surface area contributed by atoms with Crippen LogP contribution in [-0.2, 0) is 16.0 Å². The number of hydrogen-bond donors (Lipinski definition) is 1. The molecule has 5 nitrogen and oxygen atoms in total. The van der Waals surface area contributed by atoms with E-state index in [1.165, 1.54) is 4.90 Å². The maximum absolute atomic E-state index is 11.7. The number of hydrogen-bond acceptors (Lipinski definition) is 3. The lowest BCUT2D eigenvalue weighted by molar-refractivity contribution is -0.129. The Morgan fingerprint density at radius 1 is 1.30 bits per heavy atom. The number of amides is 2. The molecule has 0 aliphatic heterocycles. The van der Waals surface area contributed by atoms with E-state index in [-0.39, 0.29) is 18.2 Å². The zero-order valence-corrected chi connectivity index (χ0v) is 11.6. The molecule has 0 saturated carbocycles. The van der Waals surface area contributed by atoms with Crippen LogP contribution >= 0.6 is 0 Å². The second kappa shape index (κ2) is 8.70. The third-order valence-corrected chi connectivity index (χ3v) is 2.85. The molecule has 0 aliphatic carbocycles. The molecule has 2 amide bonds. The molecule has 5 heteroatoms. The highest BCUT2D eigenvalue weighted by atomic mass is 16.2. The van der Waals surface area contributed by atoms with Gasteiger partial charge in [0.15, 0.2) is 0 Å². The van der Waals surface area contributed by atoms with Crippen molar-refractivity contribution in [1.29, 1.82) is 5.26 Å². The minimum absolute atomic E-state index is 0.0692. The van der Waals surface area contributed by atoms with Gasteiger partial charge < -0.3 is 10.2 Å². The van der Waals surface area contributed by atoms with Gasteiger partial charge in [-0.1, -0.05) is 30.3 Å². The van der Waals surface area contributed by atoms with Gasteiger partial charge in [-0.25, -0.2) is 0 Å². The van der Waals surface area contributed by atoms with Gasteiger partial charge in [0.1, 0.15) is 0 Å². The number of nitrogens with zero attached hydrogens (tertiary/aromatic N) is 2. The summed E-state index contributed by atoms with van der Waals surface area (Å²) in [5.41, 5.74) is 0.947. The minimum Gasteiger partial charge on any atom is -0.355 e. The van der Waals surface area contributed by atoms with Crippen LogP contribution in [0, 0.1) is 11.3 Å². The summed E-state index contributed by atoms with van der Waals surface area (Å²) < 4.78 is 0. The molecule has 0 radical (unpaired) electrons. The Labute approximate surface area is 119 Å². The molecule has 0 aromatic heterocycles. The second-order valence-electron chi connectivity index (χ2n) is 4.49. The highest BCUT2D eigenvalue weighted by molar-refractivity contribution is 5.80. The summed E-state index contributed by atoms with van der Waals surface area (Å²) in [6, 6.07) is 11.4. The Morgan fingerprint density at radius 2 is 2.00 bits per heavy atom. The Hall–Kier alpha value is -2.35. The van der Waals surface area contributed by atoms with E-state index in [1.807, 2.05) is 36.4 Å². The van der Waals surface area contributed by atoms with Crippen molar-refractivity contribution in [2.24, 2.45) is 0 Å². The highest BCUT2D eigenvalue weighted by Crippen LogP contribution is 1.99. The molecule has 1 aromatic carbocycles. The third kappa shape index (κ3) is 6.01. The van der Waals surface area contributed by atoms with Crippen LogP contribution in [0.25, 0.3) is 0 Å². The summed E-state index contributed by atoms with van der Waals surface area (Å²) in [4.78, 5) is 24.8. The fourth-order valence-electron chi connectivity index (χ4n) is 1.69. The van der Waals surface area contributed by atoms with E-state index in [4.69, 9.17) is 5.26 Å². The smallest absolute Gasteiger partial charge is 0.224 e. The van der Waals surface area contributed by atoms with Crippen LogP contribution in [0.1, 0.15) is 18.4 Å². The van der Waals surface area contributed by atoms with Crippen molar-refractivity contribution in [2.75, 3.05) is 20.1 Å². The number of nitriles is 1. The highest BCUT2D eigenvalue weighted by Gasteiger charge is 2.09. The molecule has 1 N–H and O–H groups in total. The number of nitrogens with one attached hydrogen (secondary N) is 1. The zero-order valence-electron chi connectivity index (χ0n) is 11.6. The van der Waals surface area contributed by atoms with E-state index in [0.717, 1.165) is 5.56 Å². The standard InChI is InChI=1S/C15H19N3O2/c1-18(11-5-9-16)15(20)8-10-17-14(19)12-13-6-3-2-4-7-13/h2-4,6-7H,5,8,10-12H2,1H3,(H,17,19). The predicted molar refractivity (Wildman–Crippen MR) is 75.6 cm³/mol. The number of carbonyl (C=O) groups excluding carboxylic acids is 2. The molecule has 0 aliphatic rings. The Bertz CT molecular complexity index is 480. The van der Waals surface area contributed by atoms with Crippen molar-refractivity contribution in [3.05, 3.63) is 35.9 Å². The van der Waals surface area contributed by atoms with Crippen LogP contribution in [0.3, 0.4) is 0 Å². The summed E-state index contributed by atoms with van der Waals surface area (Å²) >= 11 is 0. The van der Waals surface area contributed by atoms with Crippen molar-refractivity contribution < 1.29 is 9.59 Å². The number of rotatable bonds is 7. The monoisotopic (exact) mass is 273 g/mol. The second-order valence-corrected chi connectivity index (χ2v) is 4.49. The maximum atomic E-state index is 11.7. The van der Waals surface area contributed by atoms with Gasteiger partial charge in [0.2, 0.25) is 11.8 Å². The van der Waals surface area contributed by atoms with Crippen LogP contribution in [0.15, 0.2) is 30.3 Å². The summed E-state index contributed by atoms with van der Waals surface area (Å²) in [5, 5.41) is 11.2. The van der Waals surface area contributed by atoms with Gasteiger partial charge >= 0.3 is 0 Å². The van der Waals surface area contributed by atoms with E-state index >= 15 is 0 Å². The molecule has 1 rings (SSSR count). The van der Waals surface area contributed by atoms with Gasteiger partial charge in [-0.15, -0.1) is 0 Å². The molecule has 0 spiro atoms. The lowest BCUT2D eigenvalue weighted by atomic mass is 10.1. The Morgan fingerprint density at radius 3 is 2.65 bits per heavy atom. The molecular weight excluding hydrogens is 254 g/mol. The van der Waals surface area contributed by atoms with E-state index in [2.05, 4.69) is 5.32 Å². The summed E-state index contributed by atoms with van der Waals surface area (Å²) in [6.45, 7) is 0.745. The summed E-state index contributed by atoms with van der Waals surface area (Å²) in [6.07, 6.45) is 0.893. The molecule has 1 aromatic rings. The molecule has 0 unspecified atom stereocenters. The molecular formula is C15H19N3O2. The van der Waals surface area contributed by atoms with Gasteiger partial charge in [-0.05, 0) is 5.56 Å². The first kappa shape index (κ1) is 15.7. The first-order valence-corrected chi connectivity index (χ1v) is 6.55. The quantitative estimate of drug-likeness (QED) is 0.808. The molecule has 0 fully saturated rings. The van der Waals surface area contributed by atoms with Gasteiger partial charge in [-0.3, -0.25) is 9.59 Å². The first-order chi connectivity index (χ1) is 9.63. The summed E-state index contributed by atoms with van der Waals surface area (Å²) in [7, 11) is 1.66. The molecule has 0 heterocycles. The average Bonchev–Trinajstić information content (AvgIpc) is 2.45. The topological polar surface area (TPSA) is 73.2 Å². The number of carbonyl (C=O) groups is 2. The summed E-state index contributed by atoms with van der Waals surface area (Å²) in [5.74, 6) is -0.163. The van der Waals surface area contributed by atoms with Crippen LogP contribution in [-0.4, -0.2) is 36.9 Å². The average molecular weight is 273 g/mol. The normalized spacial score (nSPS) is 9.60. The van der Waals surface area contributed by atoms with Crippen molar-refractivity contribution in [3.8, 4) is 6.07 Å². The van der Waals surface area contributed by atoms with Gasteiger partial charge in [0.05, 0.1) is 18.9 Å². The molecule has 0 atom stereocenters. The molecule has 106 valence electrons. The fourth-order valence-corrected chi connectivity index (χ4v) is 1.69. The van der Waals surface area contributed by atoms with Crippen molar-refractivity contribution >= 4 is 11.8 Å². The SMILES string of the molecule is CN(CCC#N)C(=O)CCNC(=O)Cc1ccccc1. The predicted octanol–water partition coefficient (Wildman–Crippen LogP) is 1.11. The maximum Gasteiger partial charge on any atom is 0.224 e. The van der Waals surface area contributed by atoms with Crippen LogP contribution in [0.2, 0.25) is 0 Å². The van der Waals surface area contributed by atoms with Gasteiger partial charge in [0.25, 0.3) is 0 Å². The minimum atomic E-state index is -0.0938. The largest absolute Gasteiger partial charge is 0.355 e. The van der Waals surface area contributed by atoms with Crippen molar-refractivity contribution in [1.82, 2.24) is 10.2 Å². The first-order valence-electron chi connectivity index (χ1n) is 6.55. The Balaban J connectivity index is 2.22.